The summed E-state index contributed by atoms with van der Waals surface area (Å²) < 4.78 is 6.14. The van der Waals surface area contributed by atoms with E-state index in [2.05, 4.69) is 46.4 Å². The maximum atomic E-state index is 10.4. The van der Waals surface area contributed by atoms with E-state index in [1.807, 2.05) is 0 Å². The van der Waals surface area contributed by atoms with Gasteiger partial charge in [0.2, 0.25) is 5.91 Å². The van der Waals surface area contributed by atoms with Gasteiger partial charge in [0.15, 0.2) is 0 Å². The van der Waals surface area contributed by atoms with Crippen LogP contribution in [0.15, 0.2) is 22.7 Å². The number of benzene rings is 1. The standard InChI is InChI=1S/C12H17BrN2O2/c1-9-2-3-10(6-11(9)13)7-15-4-5-17-8-12(14)16/h2-3,6,15H,4-5,7-8H2,1H3,(H2,14,16). The van der Waals surface area contributed by atoms with Crippen LogP contribution in [0.3, 0.4) is 0 Å². The SMILES string of the molecule is Cc1ccc(CNCCOCC(N)=O)cc1Br. The van der Waals surface area contributed by atoms with Gasteiger partial charge in [-0.05, 0) is 24.1 Å². The molecular formula is C12H17BrN2O2. The Hall–Kier alpha value is -0.910. The molecule has 0 radical (unpaired) electrons. The summed E-state index contributed by atoms with van der Waals surface area (Å²) in [6.45, 7) is 3.99. The molecule has 0 aromatic heterocycles. The summed E-state index contributed by atoms with van der Waals surface area (Å²) in [6.07, 6.45) is 0. The van der Waals surface area contributed by atoms with E-state index >= 15 is 0 Å². The van der Waals surface area contributed by atoms with Crippen LogP contribution in [0.1, 0.15) is 11.1 Å². The van der Waals surface area contributed by atoms with Gasteiger partial charge in [0.05, 0.1) is 6.61 Å². The Morgan fingerprint density at radius 3 is 2.94 bits per heavy atom. The van der Waals surface area contributed by atoms with Crippen molar-refractivity contribution in [2.45, 2.75) is 13.5 Å². The summed E-state index contributed by atoms with van der Waals surface area (Å²) in [6, 6.07) is 6.24. The molecule has 0 bridgehead atoms. The summed E-state index contributed by atoms with van der Waals surface area (Å²) in [7, 11) is 0. The van der Waals surface area contributed by atoms with E-state index < -0.39 is 5.91 Å². The summed E-state index contributed by atoms with van der Waals surface area (Å²) in [5.74, 6) is -0.438. The third-order valence-electron chi connectivity index (χ3n) is 2.23. The monoisotopic (exact) mass is 300 g/mol. The molecule has 0 atom stereocenters. The third kappa shape index (κ3) is 5.81. The number of rotatable bonds is 7. The number of halogens is 1. The van der Waals surface area contributed by atoms with Crippen molar-refractivity contribution in [3.05, 3.63) is 33.8 Å². The van der Waals surface area contributed by atoms with Crippen LogP contribution in [0, 0.1) is 6.92 Å². The van der Waals surface area contributed by atoms with Crippen LogP contribution in [0.4, 0.5) is 0 Å². The van der Waals surface area contributed by atoms with Crippen molar-refractivity contribution in [2.75, 3.05) is 19.8 Å². The van der Waals surface area contributed by atoms with Crippen LogP contribution in [-0.4, -0.2) is 25.7 Å². The predicted molar refractivity (Wildman–Crippen MR) is 70.6 cm³/mol. The zero-order valence-electron chi connectivity index (χ0n) is 9.83. The minimum atomic E-state index is -0.438. The van der Waals surface area contributed by atoms with E-state index in [0.29, 0.717) is 13.2 Å². The fraction of sp³-hybridized carbons (Fsp3) is 0.417. The number of nitrogens with one attached hydrogen (secondary N) is 1. The fourth-order valence-electron chi connectivity index (χ4n) is 1.30. The molecule has 0 heterocycles. The number of primary amides is 1. The predicted octanol–water partition coefficient (Wildman–Crippen LogP) is 1.35. The highest BCUT2D eigenvalue weighted by atomic mass is 79.9. The van der Waals surface area contributed by atoms with Crippen LogP contribution < -0.4 is 11.1 Å². The second-order valence-electron chi connectivity index (χ2n) is 3.78. The molecule has 1 aromatic carbocycles. The van der Waals surface area contributed by atoms with Crippen LogP contribution in [-0.2, 0) is 16.1 Å². The van der Waals surface area contributed by atoms with Crippen molar-refractivity contribution >= 4 is 21.8 Å². The quantitative estimate of drug-likeness (QED) is 0.747. The molecular weight excluding hydrogens is 284 g/mol. The zero-order valence-corrected chi connectivity index (χ0v) is 11.4. The lowest BCUT2D eigenvalue weighted by atomic mass is 10.1. The van der Waals surface area contributed by atoms with Gasteiger partial charge in [0.25, 0.3) is 0 Å². The molecule has 4 nitrogen and oxygen atoms in total. The Morgan fingerprint density at radius 1 is 1.53 bits per heavy atom. The number of carbonyl (C=O) groups is 1. The largest absolute Gasteiger partial charge is 0.370 e. The number of hydrogen-bond acceptors (Lipinski definition) is 3. The minimum absolute atomic E-state index is 0.0161. The van der Waals surface area contributed by atoms with Crippen molar-refractivity contribution < 1.29 is 9.53 Å². The Kier molecular flexibility index (Phi) is 6.18. The summed E-state index contributed by atoms with van der Waals surface area (Å²) >= 11 is 3.49. The van der Waals surface area contributed by atoms with E-state index in [-0.39, 0.29) is 6.61 Å². The number of carbonyl (C=O) groups excluding carboxylic acids is 1. The molecule has 3 N–H and O–H groups in total. The molecule has 94 valence electrons. The number of hydrogen-bond donors (Lipinski definition) is 2. The molecule has 0 aliphatic heterocycles. The number of ether oxygens (including phenoxy) is 1. The van der Waals surface area contributed by atoms with Gasteiger partial charge < -0.3 is 15.8 Å². The first-order chi connectivity index (χ1) is 8.09. The maximum absolute atomic E-state index is 10.4. The van der Waals surface area contributed by atoms with Gasteiger partial charge in [-0.25, -0.2) is 0 Å². The second kappa shape index (κ2) is 7.42. The summed E-state index contributed by atoms with van der Waals surface area (Å²) in [5.41, 5.74) is 7.37. The van der Waals surface area contributed by atoms with Crippen LogP contribution >= 0.6 is 15.9 Å². The third-order valence-corrected chi connectivity index (χ3v) is 3.09. The van der Waals surface area contributed by atoms with Gasteiger partial charge in [-0.1, -0.05) is 28.1 Å². The van der Waals surface area contributed by atoms with Crippen molar-refractivity contribution in [3.8, 4) is 0 Å². The van der Waals surface area contributed by atoms with Crippen LogP contribution in [0.2, 0.25) is 0 Å². The molecule has 0 spiro atoms. The lowest BCUT2D eigenvalue weighted by Gasteiger charge is -2.06. The molecule has 1 aromatic rings. The lowest BCUT2D eigenvalue weighted by molar-refractivity contribution is -0.122. The fourth-order valence-corrected chi connectivity index (χ4v) is 1.72. The number of nitrogens with two attached hydrogens (primary N) is 1. The average molecular weight is 301 g/mol. The van der Waals surface area contributed by atoms with Gasteiger partial charge in [0, 0.05) is 17.6 Å². The molecule has 1 amide bonds. The number of aryl methyl sites for hydroxylation is 1. The van der Waals surface area contributed by atoms with Crippen LogP contribution in [0.5, 0.6) is 0 Å². The highest BCUT2D eigenvalue weighted by Crippen LogP contribution is 2.17. The molecule has 0 saturated heterocycles. The molecule has 0 unspecified atom stereocenters. The highest BCUT2D eigenvalue weighted by Gasteiger charge is 1.98. The Bertz CT molecular complexity index is 383. The Labute approximate surface area is 110 Å². The van der Waals surface area contributed by atoms with Gasteiger partial charge in [0.1, 0.15) is 6.61 Å². The van der Waals surface area contributed by atoms with E-state index in [4.69, 9.17) is 10.5 Å². The molecule has 1 rings (SSSR count). The maximum Gasteiger partial charge on any atom is 0.243 e. The number of amides is 1. The summed E-state index contributed by atoms with van der Waals surface area (Å²) in [5, 5.41) is 3.22. The van der Waals surface area contributed by atoms with E-state index in [9.17, 15) is 4.79 Å². The van der Waals surface area contributed by atoms with Gasteiger partial charge in [-0.15, -0.1) is 0 Å². The van der Waals surface area contributed by atoms with Crippen molar-refractivity contribution in [1.82, 2.24) is 5.32 Å². The molecule has 5 heteroatoms. The first kappa shape index (κ1) is 14.2. The van der Waals surface area contributed by atoms with Gasteiger partial charge >= 0.3 is 0 Å². The van der Waals surface area contributed by atoms with Crippen molar-refractivity contribution in [1.29, 1.82) is 0 Å². The normalized spacial score (nSPS) is 10.5. The van der Waals surface area contributed by atoms with Crippen molar-refractivity contribution in [2.24, 2.45) is 5.73 Å². The molecule has 0 saturated carbocycles. The first-order valence-corrected chi connectivity index (χ1v) is 6.20. The van der Waals surface area contributed by atoms with E-state index in [1.165, 1.54) is 11.1 Å². The smallest absolute Gasteiger partial charge is 0.243 e. The lowest BCUT2D eigenvalue weighted by Crippen LogP contribution is -2.23. The van der Waals surface area contributed by atoms with Crippen molar-refractivity contribution in [3.63, 3.8) is 0 Å². The minimum Gasteiger partial charge on any atom is -0.370 e. The second-order valence-corrected chi connectivity index (χ2v) is 4.63. The molecule has 0 fully saturated rings. The van der Waals surface area contributed by atoms with Crippen LogP contribution in [0.25, 0.3) is 0 Å². The summed E-state index contributed by atoms with van der Waals surface area (Å²) in [4.78, 5) is 10.4. The van der Waals surface area contributed by atoms with E-state index in [1.54, 1.807) is 0 Å². The zero-order chi connectivity index (χ0) is 12.7. The van der Waals surface area contributed by atoms with Gasteiger partial charge in [-0.2, -0.15) is 0 Å². The molecule has 0 aliphatic carbocycles. The average Bonchev–Trinajstić information content (AvgIpc) is 2.27. The van der Waals surface area contributed by atoms with E-state index in [0.717, 1.165) is 11.0 Å². The topological polar surface area (TPSA) is 64.3 Å². The Morgan fingerprint density at radius 2 is 2.29 bits per heavy atom. The molecule has 0 aliphatic rings. The first-order valence-electron chi connectivity index (χ1n) is 5.41. The highest BCUT2D eigenvalue weighted by molar-refractivity contribution is 9.10. The molecule has 17 heavy (non-hydrogen) atoms. The van der Waals surface area contributed by atoms with Gasteiger partial charge in [-0.3, -0.25) is 4.79 Å². The Balaban J connectivity index is 2.18.